The van der Waals surface area contributed by atoms with E-state index in [9.17, 15) is 14.9 Å². The van der Waals surface area contributed by atoms with Crippen LogP contribution < -0.4 is 10.6 Å². The van der Waals surface area contributed by atoms with Gasteiger partial charge < -0.3 is 5.32 Å². The number of benzene rings is 1. The van der Waals surface area contributed by atoms with E-state index in [0.29, 0.717) is 0 Å². The van der Waals surface area contributed by atoms with Gasteiger partial charge >= 0.3 is 6.03 Å². The van der Waals surface area contributed by atoms with Crippen molar-refractivity contribution in [3.8, 4) is 6.19 Å². The number of nitro benzene ring substituents is 1. The molecule has 2 amide bonds. The summed E-state index contributed by atoms with van der Waals surface area (Å²) in [6, 6.07) is 4.82. The second kappa shape index (κ2) is 4.57. The average molecular weight is 206 g/mol. The highest BCUT2D eigenvalue weighted by Gasteiger charge is 2.13. The summed E-state index contributed by atoms with van der Waals surface area (Å²) >= 11 is 0. The third-order valence-electron chi connectivity index (χ3n) is 1.52. The number of nitro groups is 1. The highest BCUT2D eigenvalue weighted by atomic mass is 16.6. The number of hydrogen-bond acceptors (Lipinski definition) is 4. The quantitative estimate of drug-likeness (QED) is 0.328. The number of nitrogens with one attached hydrogen (secondary N) is 2. The SMILES string of the molecule is N#CNC(=O)Nc1ccccc1[N+](=O)[O-]. The van der Waals surface area contributed by atoms with Crippen molar-refractivity contribution in [1.82, 2.24) is 5.32 Å². The van der Waals surface area contributed by atoms with Crippen molar-refractivity contribution >= 4 is 17.4 Å². The van der Waals surface area contributed by atoms with E-state index in [1.165, 1.54) is 30.5 Å². The molecule has 15 heavy (non-hydrogen) atoms. The molecule has 0 spiro atoms. The van der Waals surface area contributed by atoms with Gasteiger partial charge in [0.15, 0.2) is 6.19 Å². The zero-order valence-electron chi connectivity index (χ0n) is 7.43. The van der Waals surface area contributed by atoms with E-state index in [2.05, 4.69) is 5.32 Å². The van der Waals surface area contributed by atoms with Gasteiger partial charge in [-0.3, -0.25) is 10.1 Å². The van der Waals surface area contributed by atoms with E-state index < -0.39 is 11.0 Å². The summed E-state index contributed by atoms with van der Waals surface area (Å²) in [4.78, 5) is 20.8. The molecular weight excluding hydrogens is 200 g/mol. The Morgan fingerprint density at radius 2 is 2.13 bits per heavy atom. The van der Waals surface area contributed by atoms with Crippen LogP contribution in [0, 0.1) is 21.6 Å². The molecule has 1 aromatic rings. The summed E-state index contributed by atoms with van der Waals surface area (Å²) in [5.74, 6) is 0. The Kier molecular flexibility index (Phi) is 3.19. The summed E-state index contributed by atoms with van der Waals surface area (Å²) in [5, 5.41) is 22.6. The number of carbonyl (C=O) groups is 1. The highest BCUT2D eigenvalue weighted by Crippen LogP contribution is 2.22. The van der Waals surface area contributed by atoms with Crippen molar-refractivity contribution in [1.29, 1.82) is 5.26 Å². The largest absolute Gasteiger partial charge is 0.332 e. The number of nitriles is 1. The van der Waals surface area contributed by atoms with Gasteiger partial charge in [-0.15, -0.1) is 0 Å². The molecule has 0 atom stereocenters. The molecule has 1 aromatic carbocycles. The maximum Gasteiger partial charge on any atom is 0.332 e. The predicted octanol–water partition coefficient (Wildman–Crippen LogP) is 1.20. The van der Waals surface area contributed by atoms with Crippen LogP contribution in [0.15, 0.2) is 24.3 Å². The zero-order valence-corrected chi connectivity index (χ0v) is 7.43. The number of carbonyl (C=O) groups excluding carboxylic acids is 1. The first-order chi connectivity index (χ1) is 7.15. The number of para-hydroxylation sites is 2. The van der Waals surface area contributed by atoms with Crippen LogP contribution in [-0.4, -0.2) is 11.0 Å². The second-order valence-electron chi connectivity index (χ2n) is 2.47. The van der Waals surface area contributed by atoms with Crippen LogP contribution in [-0.2, 0) is 0 Å². The van der Waals surface area contributed by atoms with E-state index in [-0.39, 0.29) is 11.4 Å². The van der Waals surface area contributed by atoms with E-state index in [1.54, 1.807) is 5.32 Å². The van der Waals surface area contributed by atoms with Gasteiger partial charge in [0.05, 0.1) is 4.92 Å². The number of amides is 2. The van der Waals surface area contributed by atoms with Gasteiger partial charge in [0.1, 0.15) is 5.69 Å². The summed E-state index contributed by atoms with van der Waals surface area (Å²) in [6.07, 6.45) is 1.40. The lowest BCUT2D eigenvalue weighted by molar-refractivity contribution is -0.383. The third-order valence-corrected chi connectivity index (χ3v) is 1.52. The minimum absolute atomic E-state index is 0.0373. The molecule has 0 heterocycles. The average Bonchev–Trinajstić information content (AvgIpc) is 2.18. The summed E-state index contributed by atoms with van der Waals surface area (Å²) < 4.78 is 0. The normalized spacial score (nSPS) is 8.73. The Hall–Kier alpha value is -2.62. The molecule has 7 nitrogen and oxygen atoms in total. The lowest BCUT2D eigenvalue weighted by Gasteiger charge is -2.02. The molecule has 0 unspecified atom stereocenters. The standard InChI is InChI=1S/C8H6N4O3/c9-5-10-8(13)11-6-3-1-2-4-7(6)12(14)15/h1-4H,(H2,10,11,13). The van der Waals surface area contributed by atoms with Crippen LogP contribution in [0.5, 0.6) is 0 Å². The van der Waals surface area contributed by atoms with Crippen LogP contribution in [0.2, 0.25) is 0 Å². The fourth-order valence-corrected chi connectivity index (χ4v) is 0.943. The van der Waals surface area contributed by atoms with Gasteiger partial charge in [-0.1, -0.05) is 12.1 Å². The Morgan fingerprint density at radius 1 is 1.47 bits per heavy atom. The van der Waals surface area contributed by atoms with E-state index in [0.717, 1.165) is 0 Å². The zero-order chi connectivity index (χ0) is 11.3. The fourth-order valence-electron chi connectivity index (χ4n) is 0.943. The van der Waals surface area contributed by atoms with Crippen LogP contribution in [0.25, 0.3) is 0 Å². The minimum atomic E-state index is -0.813. The van der Waals surface area contributed by atoms with Gasteiger partial charge in [-0.25, -0.2) is 10.1 Å². The number of urea groups is 1. The number of anilines is 1. The van der Waals surface area contributed by atoms with E-state index in [1.807, 2.05) is 0 Å². The van der Waals surface area contributed by atoms with Crippen LogP contribution in [0.3, 0.4) is 0 Å². The molecule has 0 aromatic heterocycles. The predicted molar refractivity (Wildman–Crippen MR) is 50.9 cm³/mol. The lowest BCUT2D eigenvalue weighted by Crippen LogP contribution is -2.24. The Morgan fingerprint density at radius 3 is 2.73 bits per heavy atom. The molecule has 76 valence electrons. The molecule has 0 radical (unpaired) electrons. The van der Waals surface area contributed by atoms with Gasteiger partial charge in [-0.05, 0) is 6.07 Å². The van der Waals surface area contributed by atoms with Crippen molar-refractivity contribution in [3.63, 3.8) is 0 Å². The lowest BCUT2D eigenvalue weighted by atomic mass is 10.3. The molecule has 0 aliphatic rings. The maximum absolute atomic E-state index is 10.9. The van der Waals surface area contributed by atoms with Crippen LogP contribution >= 0.6 is 0 Å². The molecule has 0 saturated carbocycles. The first kappa shape index (κ1) is 10.5. The number of rotatable bonds is 2. The molecule has 2 N–H and O–H groups in total. The van der Waals surface area contributed by atoms with Crippen LogP contribution in [0.1, 0.15) is 0 Å². The molecule has 7 heteroatoms. The first-order valence-corrected chi connectivity index (χ1v) is 3.84. The van der Waals surface area contributed by atoms with E-state index in [4.69, 9.17) is 5.26 Å². The van der Waals surface area contributed by atoms with Gasteiger partial charge in [0, 0.05) is 6.07 Å². The number of nitrogens with zero attached hydrogens (tertiary/aromatic N) is 2. The summed E-state index contributed by atoms with van der Waals surface area (Å²) in [5.41, 5.74) is -0.194. The Bertz CT molecular complexity index is 438. The molecule has 0 saturated heterocycles. The van der Waals surface area contributed by atoms with Gasteiger partial charge in [0.25, 0.3) is 5.69 Å². The highest BCUT2D eigenvalue weighted by molar-refractivity contribution is 5.92. The van der Waals surface area contributed by atoms with Crippen molar-refractivity contribution in [2.45, 2.75) is 0 Å². The third kappa shape index (κ3) is 2.67. The topological polar surface area (TPSA) is 108 Å². The Balaban J connectivity index is 2.90. The maximum atomic E-state index is 10.9. The Labute approximate surface area is 84.5 Å². The van der Waals surface area contributed by atoms with Crippen LogP contribution in [0.4, 0.5) is 16.2 Å². The van der Waals surface area contributed by atoms with Crippen molar-refractivity contribution in [2.24, 2.45) is 0 Å². The molecule has 0 bridgehead atoms. The van der Waals surface area contributed by atoms with Gasteiger partial charge in [0.2, 0.25) is 0 Å². The van der Waals surface area contributed by atoms with Crippen molar-refractivity contribution in [3.05, 3.63) is 34.4 Å². The molecular formula is C8H6N4O3. The second-order valence-corrected chi connectivity index (χ2v) is 2.47. The van der Waals surface area contributed by atoms with Gasteiger partial charge in [-0.2, -0.15) is 5.26 Å². The van der Waals surface area contributed by atoms with E-state index >= 15 is 0 Å². The molecule has 0 fully saturated rings. The monoisotopic (exact) mass is 206 g/mol. The molecule has 0 aliphatic heterocycles. The molecule has 0 aliphatic carbocycles. The first-order valence-electron chi connectivity index (χ1n) is 3.84. The molecule has 1 rings (SSSR count). The minimum Gasteiger partial charge on any atom is -0.301 e. The fraction of sp³-hybridized carbons (Fsp3) is 0. The summed E-state index contributed by atoms with van der Waals surface area (Å²) in [7, 11) is 0. The van der Waals surface area contributed by atoms with Crippen molar-refractivity contribution in [2.75, 3.05) is 5.32 Å². The van der Waals surface area contributed by atoms with Crippen molar-refractivity contribution < 1.29 is 9.72 Å². The number of hydrogen-bond donors (Lipinski definition) is 2. The summed E-state index contributed by atoms with van der Waals surface area (Å²) in [6.45, 7) is 0. The smallest absolute Gasteiger partial charge is 0.301 e.